The van der Waals surface area contributed by atoms with Gasteiger partial charge in [0.15, 0.2) is 0 Å². The maximum atomic E-state index is 5.84. The largest absolute Gasteiger partial charge is 0.374 e. The van der Waals surface area contributed by atoms with Crippen LogP contribution in [0.4, 0.5) is 0 Å². The summed E-state index contributed by atoms with van der Waals surface area (Å²) in [4.78, 5) is 0. The van der Waals surface area contributed by atoms with E-state index in [1.54, 1.807) is 0 Å². The van der Waals surface area contributed by atoms with Crippen molar-refractivity contribution >= 4 is 0 Å². The molecular weight excluding hydrogens is 222 g/mol. The molecule has 0 heterocycles. The van der Waals surface area contributed by atoms with Crippen LogP contribution in [0.2, 0.25) is 0 Å². The van der Waals surface area contributed by atoms with Gasteiger partial charge in [-0.15, -0.1) is 5.92 Å². The average Bonchev–Trinajstić information content (AvgIpc) is 2.18. The lowest BCUT2D eigenvalue weighted by Gasteiger charge is -2.24. The van der Waals surface area contributed by atoms with Gasteiger partial charge in [-0.1, -0.05) is 12.8 Å². The number of ether oxygens (including phenoxy) is 1. The summed E-state index contributed by atoms with van der Waals surface area (Å²) in [6.07, 6.45) is 1.99. The highest BCUT2D eigenvalue weighted by molar-refractivity contribution is 5.08. The summed E-state index contributed by atoms with van der Waals surface area (Å²) >= 11 is 0. The second-order valence-electron chi connectivity index (χ2n) is 6.83. The lowest BCUT2D eigenvalue weighted by atomic mass is 9.97. The van der Waals surface area contributed by atoms with Gasteiger partial charge in [0.1, 0.15) is 0 Å². The molecule has 0 saturated carbocycles. The van der Waals surface area contributed by atoms with Gasteiger partial charge in [0.05, 0.1) is 12.2 Å². The van der Waals surface area contributed by atoms with Gasteiger partial charge in [0.25, 0.3) is 0 Å². The molecule has 1 unspecified atom stereocenters. The maximum Gasteiger partial charge on any atom is 0.0636 e. The smallest absolute Gasteiger partial charge is 0.0636 e. The van der Waals surface area contributed by atoms with E-state index in [9.17, 15) is 0 Å². The first-order chi connectivity index (χ1) is 8.14. The second-order valence-corrected chi connectivity index (χ2v) is 6.83. The summed E-state index contributed by atoms with van der Waals surface area (Å²) in [6, 6.07) is 0.332. The minimum Gasteiger partial charge on any atom is -0.374 e. The highest BCUT2D eigenvalue weighted by atomic mass is 16.5. The third kappa shape index (κ3) is 12.0. The minimum atomic E-state index is -0.0798. The molecule has 0 amide bonds. The van der Waals surface area contributed by atoms with E-state index in [1.807, 2.05) is 0 Å². The van der Waals surface area contributed by atoms with Crippen LogP contribution in [0.1, 0.15) is 61.3 Å². The Morgan fingerprint density at radius 2 is 1.72 bits per heavy atom. The molecule has 0 rings (SSSR count). The van der Waals surface area contributed by atoms with Crippen LogP contribution >= 0.6 is 0 Å². The molecule has 18 heavy (non-hydrogen) atoms. The highest BCUT2D eigenvalue weighted by Crippen LogP contribution is 2.11. The predicted molar refractivity (Wildman–Crippen MR) is 79.6 cm³/mol. The molecule has 2 nitrogen and oxygen atoms in total. The van der Waals surface area contributed by atoms with Crippen molar-refractivity contribution in [1.82, 2.24) is 5.32 Å². The minimum absolute atomic E-state index is 0.0798. The number of rotatable bonds is 6. The molecule has 0 aromatic heterocycles. The first kappa shape index (κ1) is 17.5. The summed E-state index contributed by atoms with van der Waals surface area (Å²) in [5.74, 6) is 6.56. The Bertz CT molecular complexity index is 272. The Morgan fingerprint density at radius 1 is 1.11 bits per heavy atom. The van der Waals surface area contributed by atoms with E-state index >= 15 is 0 Å². The molecule has 0 saturated heterocycles. The molecule has 1 atom stereocenters. The third-order valence-electron chi connectivity index (χ3n) is 2.21. The Kier molecular flexibility index (Phi) is 7.59. The Labute approximate surface area is 114 Å². The monoisotopic (exact) mass is 253 g/mol. The van der Waals surface area contributed by atoms with Crippen molar-refractivity contribution in [2.75, 3.05) is 13.2 Å². The van der Waals surface area contributed by atoms with Crippen LogP contribution in [0.15, 0.2) is 0 Å². The molecule has 0 aromatic rings. The number of nitrogens with one attached hydrogen (secondary N) is 1. The van der Waals surface area contributed by atoms with Crippen LogP contribution in [0.25, 0.3) is 0 Å². The average molecular weight is 253 g/mol. The quantitative estimate of drug-likeness (QED) is 0.730. The van der Waals surface area contributed by atoms with Gasteiger partial charge in [-0.3, -0.25) is 0 Å². The van der Waals surface area contributed by atoms with Crippen LogP contribution in [0, 0.1) is 17.3 Å². The standard InChI is InChI=1S/C16H31NO/c1-8-12-17-14(13-18-16(5,6)7)10-9-11-15(2,3)4/h14,17H,8,10,12-13H2,1-7H3. The first-order valence-electron chi connectivity index (χ1n) is 7.01. The van der Waals surface area contributed by atoms with Crippen molar-refractivity contribution in [3.05, 3.63) is 0 Å². The fraction of sp³-hybridized carbons (Fsp3) is 0.875. The van der Waals surface area contributed by atoms with E-state index < -0.39 is 0 Å². The molecule has 0 aliphatic rings. The van der Waals surface area contributed by atoms with E-state index in [0.717, 1.165) is 26.0 Å². The van der Waals surface area contributed by atoms with E-state index in [2.05, 4.69) is 65.6 Å². The van der Waals surface area contributed by atoms with Crippen LogP contribution in [0.3, 0.4) is 0 Å². The van der Waals surface area contributed by atoms with E-state index in [4.69, 9.17) is 4.74 Å². The fourth-order valence-corrected chi connectivity index (χ4v) is 1.33. The van der Waals surface area contributed by atoms with Crippen molar-refractivity contribution in [1.29, 1.82) is 0 Å². The Hall–Kier alpha value is -0.520. The second kappa shape index (κ2) is 7.81. The third-order valence-corrected chi connectivity index (χ3v) is 2.21. The first-order valence-corrected chi connectivity index (χ1v) is 7.01. The van der Waals surface area contributed by atoms with Crippen molar-refractivity contribution in [2.45, 2.75) is 73.0 Å². The van der Waals surface area contributed by atoms with Gasteiger partial charge < -0.3 is 10.1 Å². The number of hydrogen-bond acceptors (Lipinski definition) is 2. The normalized spacial score (nSPS) is 13.9. The van der Waals surface area contributed by atoms with E-state index in [-0.39, 0.29) is 11.0 Å². The van der Waals surface area contributed by atoms with E-state index in [0.29, 0.717) is 6.04 Å². The van der Waals surface area contributed by atoms with Crippen LogP contribution < -0.4 is 5.32 Å². The van der Waals surface area contributed by atoms with Gasteiger partial charge in [-0.05, 0) is 54.5 Å². The van der Waals surface area contributed by atoms with Gasteiger partial charge in [0, 0.05) is 17.9 Å². The molecule has 0 fully saturated rings. The van der Waals surface area contributed by atoms with Crippen molar-refractivity contribution in [3.8, 4) is 11.8 Å². The van der Waals surface area contributed by atoms with Gasteiger partial charge in [0.2, 0.25) is 0 Å². The van der Waals surface area contributed by atoms with Gasteiger partial charge in [-0.25, -0.2) is 0 Å². The highest BCUT2D eigenvalue weighted by Gasteiger charge is 2.14. The lowest BCUT2D eigenvalue weighted by molar-refractivity contribution is -0.0137. The topological polar surface area (TPSA) is 21.3 Å². The zero-order valence-electron chi connectivity index (χ0n) is 13.3. The number of hydrogen-bond donors (Lipinski definition) is 1. The molecular formula is C16H31NO. The maximum absolute atomic E-state index is 5.84. The summed E-state index contributed by atoms with van der Waals surface area (Å²) < 4.78 is 5.84. The van der Waals surface area contributed by atoms with Crippen LogP contribution in [-0.4, -0.2) is 24.8 Å². The molecule has 1 N–H and O–H groups in total. The molecule has 0 aliphatic heterocycles. The molecule has 106 valence electrons. The molecule has 0 radical (unpaired) electrons. The zero-order chi connectivity index (χ0) is 14.2. The summed E-state index contributed by atoms with van der Waals surface area (Å²) in [7, 11) is 0. The molecule has 2 heteroatoms. The predicted octanol–water partition coefficient (Wildman–Crippen LogP) is 3.61. The van der Waals surface area contributed by atoms with Gasteiger partial charge >= 0.3 is 0 Å². The SMILES string of the molecule is CCCNC(CC#CC(C)(C)C)COC(C)(C)C. The zero-order valence-corrected chi connectivity index (χ0v) is 13.3. The summed E-state index contributed by atoms with van der Waals surface area (Å²) in [5, 5.41) is 3.50. The molecule has 0 aromatic carbocycles. The van der Waals surface area contributed by atoms with Gasteiger partial charge in [-0.2, -0.15) is 0 Å². The lowest BCUT2D eigenvalue weighted by Crippen LogP contribution is -2.36. The molecule has 0 aliphatic carbocycles. The summed E-state index contributed by atoms with van der Waals surface area (Å²) in [6.45, 7) is 16.6. The van der Waals surface area contributed by atoms with Crippen molar-refractivity contribution in [2.24, 2.45) is 5.41 Å². The molecule has 0 spiro atoms. The Morgan fingerprint density at radius 3 is 2.17 bits per heavy atom. The van der Waals surface area contributed by atoms with Crippen molar-refractivity contribution in [3.63, 3.8) is 0 Å². The van der Waals surface area contributed by atoms with E-state index in [1.165, 1.54) is 0 Å². The van der Waals surface area contributed by atoms with Crippen LogP contribution in [0.5, 0.6) is 0 Å². The molecule has 0 bridgehead atoms. The Balaban J connectivity index is 4.26. The van der Waals surface area contributed by atoms with Crippen molar-refractivity contribution < 1.29 is 4.74 Å². The summed E-state index contributed by atoms with van der Waals surface area (Å²) in [5.41, 5.74) is 0.00376. The van der Waals surface area contributed by atoms with Crippen LogP contribution in [-0.2, 0) is 4.74 Å². The fourth-order valence-electron chi connectivity index (χ4n) is 1.33.